The second-order valence-corrected chi connectivity index (χ2v) is 4.61. The minimum Gasteiger partial charge on any atom is -0.370 e. The highest BCUT2D eigenvalue weighted by molar-refractivity contribution is 9.10. The van der Waals surface area contributed by atoms with Crippen molar-refractivity contribution in [2.45, 2.75) is 13.8 Å². The van der Waals surface area contributed by atoms with Gasteiger partial charge < -0.3 is 5.32 Å². The van der Waals surface area contributed by atoms with E-state index in [1.807, 2.05) is 25.1 Å². The topological polar surface area (TPSA) is 37.8 Å². The van der Waals surface area contributed by atoms with Crippen LogP contribution in [0, 0.1) is 6.92 Å². The van der Waals surface area contributed by atoms with Gasteiger partial charge in [-0.1, -0.05) is 28.1 Å². The summed E-state index contributed by atoms with van der Waals surface area (Å²) < 4.78 is 1.08. The highest BCUT2D eigenvalue weighted by Gasteiger charge is 2.04. The maximum Gasteiger partial charge on any atom is 0.161 e. The molecule has 88 valence electrons. The van der Waals surface area contributed by atoms with Crippen LogP contribution in [0.3, 0.4) is 0 Å². The number of anilines is 1. The first-order chi connectivity index (χ1) is 8.20. The van der Waals surface area contributed by atoms with Gasteiger partial charge in [-0.3, -0.25) is 0 Å². The van der Waals surface area contributed by atoms with E-state index in [1.165, 1.54) is 5.56 Å². The zero-order valence-corrected chi connectivity index (χ0v) is 11.5. The molecule has 1 N–H and O–H groups in total. The molecular weight excluding hydrogens is 278 g/mol. The molecule has 0 fully saturated rings. The molecule has 0 radical (unpaired) electrons. The first kappa shape index (κ1) is 12.0. The number of hydrogen-bond acceptors (Lipinski definition) is 3. The van der Waals surface area contributed by atoms with E-state index in [0.717, 1.165) is 28.2 Å². The molecule has 3 nitrogen and oxygen atoms in total. The molecule has 0 atom stereocenters. The van der Waals surface area contributed by atoms with Crippen molar-refractivity contribution in [2.24, 2.45) is 0 Å². The molecule has 1 aromatic carbocycles. The van der Waals surface area contributed by atoms with Crippen LogP contribution in [0.1, 0.15) is 12.5 Å². The van der Waals surface area contributed by atoms with Gasteiger partial charge in [-0.2, -0.15) is 0 Å². The van der Waals surface area contributed by atoms with Gasteiger partial charge in [0.1, 0.15) is 5.82 Å². The number of rotatable bonds is 3. The molecule has 0 saturated carbocycles. The van der Waals surface area contributed by atoms with Crippen molar-refractivity contribution >= 4 is 21.7 Å². The Kier molecular flexibility index (Phi) is 3.74. The van der Waals surface area contributed by atoms with E-state index in [9.17, 15) is 0 Å². The standard InChI is InChI=1S/C13H14BrN3/c1-3-15-12-6-7-16-13(17-12)10-5-4-9(2)11(14)8-10/h4-8H,3H2,1-2H3,(H,15,16,17). The summed E-state index contributed by atoms with van der Waals surface area (Å²) in [5.41, 5.74) is 2.22. The van der Waals surface area contributed by atoms with Gasteiger partial charge >= 0.3 is 0 Å². The Hall–Kier alpha value is -1.42. The van der Waals surface area contributed by atoms with Gasteiger partial charge in [0.25, 0.3) is 0 Å². The van der Waals surface area contributed by atoms with Gasteiger partial charge in [0, 0.05) is 22.8 Å². The highest BCUT2D eigenvalue weighted by atomic mass is 79.9. The zero-order valence-electron chi connectivity index (χ0n) is 9.87. The van der Waals surface area contributed by atoms with E-state index in [4.69, 9.17) is 0 Å². The maximum atomic E-state index is 4.46. The summed E-state index contributed by atoms with van der Waals surface area (Å²) in [4.78, 5) is 8.75. The lowest BCUT2D eigenvalue weighted by atomic mass is 10.1. The smallest absolute Gasteiger partial charge is 0.161 e. The number of aryl methyl sites for hydroxylation is 1. The largest absolute Gasteiger partial charge is 0.370 e. The number of aromatic nitrogens is 2. The lowest BCUT2D eigenvalue weighted by Gasteiger charge is -2.06. The number of hydrogen-bond donors (Lipinski definition) is 1. The van der Waals surface area contributed by atoms with E-state index in [-0.39, 0.29) is 0 Å². The minimum absolute atomic E-state index is 0.740. The second-order valence-electron chi connectivity index (χ2n) is 3.76. The van der Waals surface area contributed by atoms with Crippen molar-refractivity contribution in [2.75, 3.05) is 11.9 Å². The van der Waals surface area contributed by atoms with Gasteiger partial charge in [0.05, 0.1) is 0 Å². The molecule has 2 aromatic rings. The normalized spacial score (nSPS) is 10.3. The lowest BCUT2D eigenvalue weighted by molar-refractivity contribution is 1.12. The van der Waals surface area contributed by atoms with Crippen LogP contribution in [-0.4, -0.2) is 16.5 Å². The fourth-order valence-electron chi connectivity index (χ4n) is 1.51. The molecule has 17 heavy (non-hydrogen) atoms. The molecule has 0 aliphatic heterocycles. The third-order valence-corrected chi connectivity index (χ3v) is 3.30. The van der Waals surface area contributed by atoms with Gasteiger partial charge in [-0.25, -0.2) is 9.97 Å². The van der Waals surface area contributed by atoms with Crippen molar-refractivity contribution in [3.05, 3.63) is 40.5 Å². The third-order valence-electron chi connectivity index (χ3n) is 2.44. The quantitative estimate of drug-likeness (QED) is 0.938. The van der Waals surface area contributed by atoms with Gasteiger partial charge in [0.15, 0.2) is 5.82 Å². The summed E-state index contributed by atoms with van der Waals surface area (Å²) in [6, 6.07) is 8.00. The van der Waals surface area contributed by atoms with Crippen molar-refractivity contribution in [3.63, 3.8) is 0 Å². The number of halogens is 1. The summed E-state index contributed by atoms with van der Waals surface area (Å²) >= 11 is 3.52. The zero-order chi connectivity index (χ0) is 12.3. The Bertz CT molecular complexity index is 526. The minimum atomic E-state index is 0.740. The Labute approximate surface area is 109 Å². The molecule has 0 aliphatic carbocycles. The van der Waals surface area contributed by atoms with Crippen LogP contribution < -0.4 is 5.32 Å². The summed E-state index contributed by atoms with van der Waals surface area (Å²) in [5.74, 6) is 1.60. The van der Waals surface area contributed by atoms with Crippen LogP contribution in [0.5, 0.6) is 0 Å². The highest BCUT2D eigenvalue weighted by Crippen LogP contribution is 2.23. The second kappa shape index (κ2) is 5.27. The summed E-state index contributed by atoms with van der Waals surface area (Å²) in [5, 5.41) is 3.18. The maximum absolute atomic E-state index is 4.46. The van der Waals surface area contributed by atoms with Crippen LogP contribution in [0.15, 0.2) is 34.9 Å². The average Bonchev–Trinajstić information content (AvgIpc) is 2.33. The SMILES string of the molecule is CCNc1ccnc(-c2ccc(C)c(Br)c2)n1. The fraction of sp³-hybridized carbons (Fsp3) is 0.231. The number of nitrogens with one attached hydrogen (secondary N) is 1. The molecule has 0 amide bonds. The fourth-order valence-corrected chi connectivity index (χ4v) is 1.89. The molecule has 0 unspecified atom stereocenters. The molecule has 0 bridgehead atoms. The molecule has 1 heterocycles. The van der Waals surface area contributed by atoms with Gasteiger partial charge in [-0.15, -0.1) is 0 Å². The van der Waals surface area contributed by atoms with E-state index in [0.29, 0.717) is 0 Å². The van der Waals surface area contributed by atoms with E-state index in [2.05, 4.69) is 44.2 Å². The number of benzene rings is 1. The first-order valence-corrected chi connectivity index (χ1v) is 6.33. The van der Waals surface area contributed by atoms with Gasteiger partial charge in [-0.05, 0) is 31.5 Å². The molecule has 0 spiro atoms. The average molecular weight is 292 g/mol. The molecule has 2 rings (SSSR count). The van der Waals surface area contributed by atoms with E-state index < -0.39 is 0 Å². The number of nitrogens with zero attached hydrogens (tertiary/aromatic N) is 2. The van der Waals surface area contributed by atoms with Crippen molar-refractivity contribution in [3.8, 4) is 11.4 Å². The van der Waals surface area contributed by atoms with Crippen LogP contribution in [0.4, 0.5) is 5.82 Å². The Morgan fingerprint density at radius 3 is 2.82 bits per heavy atom. The Morgan fingerprint density at radius 2 is 2.12 bits per heavy atom. The molecular formula is C13H14BrN3. The lowest BCUT2D eigenvalue weighted by Crippen LogP contribution is -2.00. The predicted molar refractivity (Wildman–Crippen MR) is 74.1 cm³/mol. The molecule has 4 heteroatoms. The van der Waals surface area contributed by atoms with Crippen molar-refractivity contribution < 1.29 is 0 Å². The summed E-state index contributed by atoms with van der Waals surface area (Å²) in [6.45, 7) is 4.96. The summed E-state index contributed by atoms with van der Waals surface area (Å²) in [6.07, 6.45) is 1.77. The summed E-state index contributed by atoms with van der Waals surface area (Å²) in [7, 11) is 0. The first-order valence-electron chi connectivity index (χ1n) is 5.54. The van der Waals surface area contributed by atoms with E-state index >= 15 is 0 Å². The Morgan fingerprint density at radius 1 is 1.29 bits per heavy atom. The van der Waals surface area contributed by atoms with Gasteiger partial charge in [0.2, 0.25) is 0 Å². The molecule has 0 saturated heterocycles. The van der Waals surface area contributed by atoms with Crippen molar-refractivity contribution in [1.82, 2.24) is 9.97 Å². The van der Waals surface area contributed by atoms with Crippen LogP contribution in [0.25, 0.3) is 11.4 Å². The Balaban J connectivity index is 2.38. The predicted octanol–water partition coefficient (Wildman–Crippen LogP) is 3.65. The van der Waals surface area contributed by atoms with E-state index in [1.54, 1.807) is 6.20 Å². The van der Waals surface area contributed by atoms with Crippen molar-refractivity contribution in [1.29, 1.82) is 0 Å². The van der Waals surface area contributed by atoms with Crippen LogP contribution in [-0.2, 0) is 0 Å². The third kappa shape index (κ3) is 2.82. The van der Waals surface area contributed by atoms with Crippen LogP contribution in [0.2, 0.25) is 0 Å². The van der Waals surface area contributed by atoms with Crippen LogP contribution >= 0.6 is 15.9 Å². The molecule has 1 aromatic heterocycles. The monoisotopic (exact) mass is 291 g/mol. The molecule has 0 aliphatic rings.